The van der Waals surface area contributed by atoms with Crippen LogP contribution in [0.25, 0.3) is 0 Å². The molecule has 0 saturated carbocycles. The van der Waals surface area contributed by atoms with E-state index in [0.717, 1.165) is 27.5 Å². The van der Waals surface area contributed by atoms with Gasteiger partial charge in [0.05, 0.1) is 39.6 Å². The molecule has 9 rings (SSSR count). The number of likely N-dealkylation sites (tertiary alicyclic amines) is 2. The highest BCUT2D eigenvalue weighted by atomic mass is 32.1. The Hall–Kier alpha value is -6.26. The maximum Gasteiger partial charge on any atom is 0.417 e. The smallest absolute Gasteiger partial charge is 0.417 e. The van der Waals surface area contributed by atoms with Gasteiger partial charge in [-0.1, -0.05) is 0 Å². The van der Waals surface area contributed by atoms with Crippen molar-refractivity contribution in [3.05, 3.63) is 87.7 Å². The summed E-state index contributed by atoms with van der Waals surface area (Å²) in [5.41, 5.74) is -3.09. The predicted molar refractivity (Wildman–Crippen MR) is 205 cm³/mol. The molecule has 3 aromatic carbocycles. The summed E-state index contributed by atoms with van der Waals surface area (Å²) in [5, 5.41) is 11.2. The number of carbonyl (C=O) groups is 6. The number of amides is 6. The molecule has 4 saturated heterocycles. The van der Waals surface area contributed by atoms with Crippen molar-refractivity contribution in [3.63, 3.8) is 0 Å². The third kappa shape index (κ3) is 5.94. The number of aryl methyl sites for hydroxylation is 1. The van der Waals surface area contributed by atoms with Crippen LogP contribution in [0.5, 0.6) is 5.75 Å². The van der Waals surface area contributed by atoms with Gasteiger partial charge >= 0.3 is 6.18 Å². The lowest BCUT2D eigenvalue weighted by molar-refractivity contribution is -0.138. The molecule has 0 radical (unpaired) electrons. The van der Waals surface area contributed by atoms with Crippen molar-refractivity contribution in [3.8, 4) is 11.8 Å². The molecule has 4 fully saturated rings. The van der Waals surface area contributed by atoms with Crippen LogP contribution in [0.1, 0.15) is 80.9 Å². The van der Waals surface area contributed by atoms with Crippen LogP contribution in [0.2, 0.25) is 0 Å². The normalized spacial score (nSPS) is 22.3. The molecule has 6 aliphatic rings. The summed E-state index contributed by atoms with van der Waals surface area (Å²) >= 11 is 5.55. The number of carbonyl (C=O) groups excluding carboxylic acids is 6. The van der Waals surface area contributed by atoms with Crippen LogP contribution in [-0.4, -0.2) is 105 Å². The van der Waals surface area contributed by atoms with Crippen LogP contribution in [0.3, 0.4) is 0 Å². The largest absolute Gasteiger partial charge is 0.484 e. The van der Waals surface area contributed by atoms with E-state index in [2.05, 4.69) is 10.2 Å². The third-order valence-electron chi connectivity index (χ3n) is 12.2. The predicted octanol–water partition coefficient (Wildman–Crippen LogP) is 3.94. The Morgan fingerprint density at radius 2 is 1.63 bits per heavy atom. The number of benzene rings is 3. The fraction of sp³-hybridized carbons (Fsp3) is 0.366. The van der Waals surface area contributed by atoms with E-state index in [9.17, 15) is 47.2 Å². The topological polar surface area (TPSA) is 164 Å². The van der Waals surface area contributed by atoms with Crippen molar-refractivity contribution in [2.75, 3.05) is 36.0 Å². The van der Waals surface area contributed by atoms with Gasteiger partial charge in [0, 0.05) is 44.3 Å². The summed E-state index contributed by atoms with van der Waals surface area (Å²) < 4.78 is 63.4. The van der Waals surface area contributed by atoms with E-state index in [1.54, 1.807) is 12.1 Å². The zero-order valence-corrected chi connectivity index (χ0v) is 32.7. The minimum Gasteiger partial charge on any atom is -0.484 e. The van der Waals surface area contributed by atoms with Crippen molar-refractivity contribution in [1.29, 1.82) is 5.26 Å². The molecule has 1 spiro atoms. The quantitative estimate of drug-likeness (QED) is 0.225. The molecular weight excluding hydrogens is 811 g/mol. The number of anilines is 2. The number of alkyl halides is 3. The first-order valence-corrected chi connectivity index (χ1v) is 19.4. The SMILES string of the molecule is CC1(C)C(=O)N(c2ccc(C#N)c(C(F)(F)F)c2)C(=S)N1c1ccc(C(=O)N2CC(N3CC4(CCc5cc6c(cc5O4)C(=O)N(C4CCC(=O)NC4=O)C6=O)C3)C2)c(F)c1. The standard InChI is InChI=1S/C41H33F4N7O7S/c1-39(2)37(58)50(22-4-3-21(15-46)28(12-22)41(43,44)45)38(60)52(39)23-5-6-25(29(42)13-23)34(55)48-16-24(17-48)49-18-40(19-49)10-9-20-11-26-27(14-31(20)59-40)36(57)51(35(26)56)30-7-8-32(53)47-33(30)54/h3-6,11-14,24,30H,7-10,16-19H2,1-2H3,(H,47,53,54). The summed E-state index contributed by atoms with van der Waals surface area (Å²) in [6.45, 7) is 4.69. The van der Waals surface area contributed by atoms with Crippen molar-refractivity contribution in [2.24, 2.45) is 0 Å². The Labute approximate surface area is 344 Å². The van der Waals surface area contributed by atoms with Gasteiger partial charge in [-0.25, -0.2) is 4.39 Å². The van der Waals surface area contributed by atoms with Gasteiger partial charge in [-0.3, -0.25) is 48.8 Å². The maximum absolute atomic E-state index is 15.7. The number of ether oxygens (including phenoxy) is 1. The van der Waals surface area contributed by atoms with Gasteiger partial charge in [-0.05, 0) is 99.4 Å². The van der Waals surface area contributed by atoms with Crippen LogP contribution in [0, 0.1) is 17.1 Å². The monoisotopic (exact) mass is 843 g/mol. The van der Waals surface area contributed by atoms with Gasteiger partial charge in [0.15, 0.2) is 5.11 Å². The second kappa shape index (κ2) is 13.4. The molecule has 6 aliphatic heterocycles. The maximum atomic E-state index is 15.7. The highest BCUT2D eigenvalue weighted by Gasteiger charge is 2.54. The minimum atomic E-state index is -4.88. The number of piperidine rings is 1. The Bertz CT molecular complexity index is 2560. The third-order valence-corrected chi connectivity index (χ3v) is 12.6. The van der Waals surface area contributed by atoms with E-state index in [1.807, 2.05) is 0 Å². The van der Waals surface area contributed by atoms with Gasteiger partial charge in [0.25, 0.3) is 23.6 Å². The molecule has 1 atom stereocenters. The Kier molecular flexibility index (Phi) is 8.74. The van der Waals surface area contributed by atoms with Gasteiger partial charge < -0.3 is 14.5 Å². The van der Waals surface area contributed by atoms with Crippen molar-refractivity contribution in [1.82, 2.24) is 20.0 Å². The molecule has 1 unspecified atom stereocenters. The molecule has 3 aromatic rings. The van der Waals surface area contributed by atoms with Gasteiger partial charge in [0.1, 0.15) is 28.7 Å². The van der Waals surface area contributed by atoms with E-state index in [4.69, 9.17) is 17.0 Å². The van der Waals surface area contributed by atoms with Gasteiger partial charge in [-0.15, -0.1) is 0 Å². The molecule has 308 valence electrons. The summed E-state index contributed by atoms with van der Waals surface area (Å²) in [4.78, 5) is 84.6. The highest BCUT2D eigenvalue weighted by molar-refractivity contribution is 7.81. The molecule has 60 heavy (non-hydrogen) atoms. The number of rotatable bonds is 5. The van der Waals surface area contributed by atoms with E-state index >= 15 is 4.39 Å². The zero-order chi connectivity index (χ0) is 42.8. The zero-order valence-electron chi connectivity index (χ0n) is 31.9. The number of nitrogens with one attached hydrogen (secondary N) is 1. The van der Waals surface area contributed by atoms with E-state index in [-0.39, 0.29) is 52.1 Å². The highest BCUT2D eigenvalue weighted by Crippen LogP contribution is 2.44. The molecule has 0 aromatic heterocycles. The number of hydrogen-bond acceptors (Lipinski definition) is 10. The summed E-state index contributed by atoms with van der Waals surface area (Å²) in [5.74, 6) is -3.98. The average molecular weight is 844 g/mol. The lowest BCUT2D eigenvalue weighted by Gasteiger charge is -2.58. The van der Waals surface area contributed by atoms with Crippen molar-refractivity contribution in [2.45, 2.75) is 68.9 Å². The van der Waals surface area contributed by atoms with Crippen LogP contribution in [0.4, 0.5) is 28.9 Å². The minimum absolute atomic E-state index is 0.0168. The lowest BCUT2D eigenvalue weighted by Crippen LogP contribution is -2.74. The Morgan fingerprint density at radius 3 is 2.28 bits per heavy atom. The summed E-state index contributed by atoms with van der Waals surface area (Å²) in [6, 6.07) is 10.2. The van der Waals surface area contributed by atoms with Crippen LogP contribution < -0.4 is 19.9 Å². The second-order valence-corrected chi connectivity index (χ2v) is 16.7. The molecule has 6 heterocycles. The van der Waals surface area contributed by atoms with Crippen LogP contribution >= 0.6 is 12.2 Å². The van der Waals surface area contributed by atoms with Crippen molar-refractivity contribution >= 4 is 64.1 Å². The van der Waals surface area contributed by atoms with Gasteiger partial charge in [0.2, 0.25) is 11.8 Å². The first-order chi connectivity index (χ1) is 28.3. The van der Waals surface area contributed by atoms with E-state index < -0.39 is 75.7 Å². The molecule has 6 amide bonds. The van der Waals surface area contributed by atoms with Crippen molar-refractivity contribution < 1.29 is 51.1 Å². The number of hydrogen-bond donors (Lipinski definition) is 1. The van der Waals surface area contributed by atoms with E-state index in [1.165, 1.54) is 47.9 Å². The average Bonchev–Trinajstić information content (AvgIpc) is 3.50. The fourth-order valence-electron chi connectivity index (χ4n) is 8.95. The van der Waals surface area contributed by atoms with Crippen LogP contribution in [0.15, 0.2) is 48.5 Å². The second-order valence-electron chi connectivity index (χ2n) is 16.3. The van der Waals surface area contributed by atoms with E-state index in [0.29, 0.717) is 50.8 Å². The molecule has 1 N–H and O–H groups in total. The van der Waals surface area contributed by atoms with Gasteiger partial charge in [-0.2, -0.15) is 18.4 Å². The van der Waals surface area contributed by atoms with Crippen LogP contribution in [-0.2, 0) is 27.0 Å². The number of halogens is 4. The molecule has 0 aliphatic carbocycles. The first-order valence-electron chi connectivity index (χ1n) is 19.0. The lowest BCUT2D eigenvalue weighted by atomic mass is 9.82. The number of fused-ring (bicyclic) bond motifs is 2. The molecule has 14 nitrogen and oxygen atoms in total. The molecule has 0 bridgehead atoms. The Balaban J connectivity index is 0.831. The molecule has 19 heteroatoms. The number of nitriles is 1. The number of thiocarbonyl (C=S) groups is 1. The molecular formula is C41H33F4N7O7S. The number of nitrogens with zero attached hydrogens (tertiary/aromatic N) is 6. The fourth-order valence-corrected chi connectivity index (χ4v) is 9.47. The Morgan fingerprint density at radius 1 is 0.950 bits per heavy atom. The summed E-state index contributed by atoms with van der Waals surface area (Å²) in [6.07, 6.45) is -3.58. The first kappa shape index (κ1) is 39.2. The summed E-state index contributed by atoms with van der Waals surface area (Å²) in [7, 11) is 0. The number of imide groups is 2.